The summed E-state index contributed by atoms with van der Waals surface area (Å²) in [6.45, 7) is 5.78. The van der Waals surface area contributed by atoms with E-state index < -0.39 is 0 Å². The first kappa shape index (κ1) is 15.4. The molecule has 2 aromatic rings. The molecule has 0 aliphatic carbocycles. The van der Waals surface area contributed by atoms with Crippen molar-refractivity contribution in [2.24, 2.45) is 5.92 Å². The normalized spacial score (nSPS) is 15.1. The highest BCUT2D eigenvalue weighted by molar-refractivity contribution is 5.99. The fourth-order valence-electron chi connectivity index (χ4n) is 2.11. The van der Waals surface area contributed by atoms with Gasteiger partial charge in [-0.15, -0.1) is 0 Å². The Morgan fingerprint density at radius 1 is 1.33 bits per heavy atom. The summed E-state index contributed by atoms with van der Waals surface area (Å²) in [5, 5.41) is 6.66. The first-order chi connectivity index (χ1) is 10.2. The van der Waals surface area contributed by atoms with Gasteiger partial charge >= 0.3 is 0 Å². The Kier molecular flexibility index (Phi) is 5.63. The van der Waals surface area contributed by atoms with Crippen molar-refractivity contribution in [3.8, 4) is 11.3 Å². The number of aromatic amines is 1. The molecule has 116 valence electrons. The molecule has 5 nitrogen and oxygen atoms in total. The van der Waals surface area contributed by atoms with Crippen LogP contribution in [0.5, 0.6) is 0 Å². The number of hydrogen-bond donors (Lipinski definition) is 1. The summed E-state index contributed by atoms with van der Waals surface area (Å²) in [6.07, 6.45) is 7.43. The van der Waals surface area contributed by atoms with Crippen molar-refractivity contribution in [3.05, 3.63) is 36.3 Å². The molecule has 3 rings (SSSR count). The van der Waals surface area contributed by atoms with Crippen molar-refractivity contribution >= 4 is 5.78 Å². The number of hydrogen-bond acceptors (Lipinski definition) is 4. The fraction of sp³-hybridized carbons (Fsp3) is 0.438. The van der Waals surface area contributed by atoms with E-state index in [1.54, 1.807) is 12.4 Å². The maximum Gasteiger partial charge on any atom is 0.163 e. The number of rotatable bonds is 2. The lowest BCUT2D eigenvalue weighted by Crippen LogP contribution is -2.12. The van der Waals surface area contributed by atoms with Crippen LogP contribution in [0.1, 0.15) is 39.9 Å². The number of Topliss-reactive ketones (excluding diaryl/α,β-unsaturated/α-hetero) is 1. The molecule has 1 aliphatic rings. The largest absolute Gasteiger partial charge is 0.381 e. The zero-order valence-electron chi connectivity index (χ0n) is 12.5. The topological polar surface area (TPSA) is 67.9 Å². The fourth-order valence-corrected chi connectivity index (χ4v) is 2.11. The van der Waals surface area contributed by atoms with Gasteiger partial charge in [-0.25, -0.2) is 0 Å². The third kappa shape index (κ3) is 4.49. The molecule has 21 heavy (non-hydrogen) atoms. The summed E-state index contributed by atoms with van der Waals surface area (Å²) in [7, 11) is 0. The van der Waals surface area contributed by atoms with Crippen molar-refractivity contribution in [1.29, 1.82) is 0 Å². The SMILES string of the molecule is CC(=O)c1cn[nH]c1-c1ccncc1.CC1CCOCC1.[HH].[HH]. The van der Waals surface area contributed by atoms with Crippen LogP contribution >= 0.6 is 0 Å². The smallest absolute Gasteiger partial charge is 0.163 e. The number of ether oxygens (including phenoxy) is 1. The highest BCUT2D eigenvalue weighted by atomic mass is 16.5. The number of carbonyl (C=O) groups excluding carboxylic acids is 1. The van der Waals surface area contributed by atoms with E-state index in [2.05, 4.69) is 22.1 Å². The minimum atomic E-state index is 0. The summed E-state index contributed by atoms with van der Waals surface area (Å²) in [5.74, 6) is 0.916. The van der Waals surface area contributed by atoms with Gasteiger partial charge in [-0.05, 0) is 37.8 Å². The van der Waals surface area contributed by atoms with Gasteiger partial charge in [-0.1, -0.05) is 6.92 Å². The number of ketones is 1. The molecule has 2 aromatic heterocycles. The Balaban J connectivity index is 0.000000463. The third-order valence-electron chi connectivity index (χ3n) is 3.50. The predicted molar refractivity (Wildman–Crippen MR) is 85.3 cm³/mol. The molecule has 0 spiro atoms. The van der Waals surface area contributed by atoms with E-state index in [0.717, 1.165) is 30.4 Å². The van der Waals surface area contributed by atoms with Crippen LogP contribution in [0.15, 0.2) is 30.7 Å². The van der Waals surface area contributed by atoms with Crippen molar-refractivity contribution < 1.29 is 12.4 Å². The quantitative estimate of drug-likeness (QED) is 0.858. The average Bonchev–Trinajstić information content (AvgIpc) is 2.99. The summed E-state index contributed by atoms with van der Waals surface area (Å²) in [6, 6.07) is 3.67. The van der Waals surface area contributed by atoms with Crippen molar-refractivity contribution in [3.63, 3.8) is 0 Å². The van der Waals surface area contributed by atoms with E-state index in [1.165, 1.54) is 26.0 Å². The Labute approximate surface area is 127 Å². The van der Waals surface area contributed by atoms with Crippen molar-refractivity contribution in [2.75, 3.05) is 13.2 Å². The summed E-state index contributed by atoms with van der Waals surface area (Å²) >= 11 is 0. The number of H-pyrrole nitrogens is 1. The first-order valence-electron chi connectivity index (χ1n) is 7.21. The van der Waals surface area contributed by atoms with E-state index in [4.69, 9.17) is 4.74 Å². The van der Waals surface area contributed by atoms with Crippen LogP contribution in [0, 0.1) is 5.92 Å². The minimum Gasteiger partial charge on any atom is -0.381 e. The number of pyridine rings is 1. The van der Waals surface area contributed by atoms with Gasteiger partial charge in [0.15, 0.2) is 5.78 Å². The standard InChI is InChI=1S/C10H9N3O.C6H12O.2H2/c1-7(14)9-6-12-13-10(9)8-2-4-11-5-3-8;1-6-2-4-7-5-3-6;;/h2-6H,1H3,(H,12,13);6H,2-5H2,1H3;2*1H. The zero-order chi connectivity index (χ0) is 15.1. The van der Waals surface area contributed by atoms with Crippen LogP contribution in [0.2, 0.25) is 0 Å². The van der Waals surface area contributed by atoms with E-state index in [9.17, 15) is 4.79 Å². The Morgan fingerprint density at radius 2 is 2.00 bits per heavy atom. The van der Waals surface area contributed by atoms with Gasteiger partial charge in [-0.2, -0.15) is 5.10 Å². The van der Waals surface area contributed by atoms with Crippen LogP contribution in [-0.2, 0) is 4.74 Å². The molecule has 1 saturated heterocycles. The molecule has 0 unspecified atom stereocenters. The highest BCUT2D eigenvalue weighted by Crippen LogP contribution is 2.19. The van der Waals surface area contributed by atoms with Crippen molar-refractivity contribution in [1.82, 2.24) is 15.2 Å². The Hall–Kier alpha value is -2.01. The summed E-state index contributed by atoms with van der Waals surface area (Å²) < 4.78 is 5.14. The van der Waals surface area contributed by atoms with E-state index in [0.29, 0.717) is 5.56 Å². The molecule has 1 fully saturated rings. The third-order valence-corrected chi connectivity index (χ3v) is 3.50. The van der Waals surface area contributed by atoms with E-state index in [1.807, 2.05) is 12.1 Å². The van der Waals surface area contributed by atoms with E-state index >= 15 is 0 Å². The summed E-state index contributed by atoms with van der Waals surface area (Å²) in [4.78, 5) is 15.1. The first-order valence-corrected chi connectivity index (χ1v) is 7.21. The highest BCUT2D eigenvalue weighted by Gasteiger charge is 2.10. The van der Waals surface area contributed by atoms with Gasteiger partial charge in [0.2, 0.25) is 0 Å². The Morgan fingerprint density at radius 3 is 2.52 bits per heavy atom. The zero-order valence-corrected chi connectivity index (χ0v) is 12.5. The van der Waals surface area contributed by atoms with Crippen molar-refractivity contribution in [2.45, 2.75) is 26.7 Å². The average molecular weight is 291 g/mol. The van der Waals surface area contributed by atoms with Gasteiger partial charge in [0.05, 0.1) is 17.5 Å². The molecule has 0 aromatic carbocycles. The second-order valence-electron chi connectivity index (χ2n) is 5.25. The summed E-state index contributed by atoms with van der Waals surface area (Å²) in [5.41, 5.74) is 2.28. The van der Waals surface area contributed by atoms with E-state index in [-0.39, 0.29) is 8.64 Å². The monoisotopic (exact) mass is 291 g/mol. The second-order valence-corrected chi connectivity index (χ2v) is 5.25. The van der Waals surface area contributed by atoms with Gasteiger partial charge in [0.1, 0.15) is 0 Å². The molecule has 5 heteroatoms. The van der Waals surface area contributed by atoms with Gasteiger partial charge in [0.25, 0.3) is 0 Å². The number of nitrogens with one attached hydrogen (secondary N) is 1. The Bertz CT molecular complexity index is 570. The lowest BCUT2D eigenvalue weighted by Gasteiger charge is -2.16. The predicted octanol–water partition coefficient (Wildman–Crippen LogP) is 3.60. The second kappa shape index (κ2) is 7.69. The lowest BCUT2D eigenvalue weighted by molar-refractivity contribution is 0.0716. The van der Waals surface area contributed by atoms with Crippen LogP contribution in [0.25, 0.3) is 11.3 Å². The lowest BCUT2D eigenvalue weighted by atomic mass is 10.0. The molecule has 0 atom stereocenters. The molecule has 1 aliphatic heterocycles. The van der Waals surface area contributed by atoms with Crippen LogP contribution < -0.4 is 0 Å². The minimum absolute atomic E-state index is 0. The van der Waals surface area contributed by atoms with Gasteiger partial charge in [0, 0.05) is 34.0 Å². The number of aromatic nitrogens is 3. The van der Waals surface area contributed by atoms with Crippen LogP contribution in [0.4, 0.5) is 0 Å². The number of nitrogens with zero attached hydrogens (tertiary/aromatic N) is 2. The molecule has 3 heterocycles. The molecule has 0 bridgehead atoms. The molecular weight excluding hydrogens is 266 g/mol. The molecule has 0 amide bonds. The van der Waals surface area contributed by atoms with Gasteiger partial charge in [-0.3, -0.25) is 14.9 Å². The molecule has 1 N–H and O–H groups in total. The maximum absolute atomic E-state index is 11.2. The maximum atomic E-state index is 11.2. The molecular formula is C16H25N3O2. The van der Waals surface area contributed by atoms with Gasteiger partial charge < -0.3 is 4.74 Å². The van der Waals surface area contributed by atoms with Crippen LogP contribution in [0.3, 0.4) is 0 Å². The molecule has 0 radical (unpaired) electrons. The number of carbonyl (C=O) groups is 1. The van der Waals surface area contributed by atoms with Crippen LogP contribution in [-0.4, -0.2) is 34.2 Å². The molecule has 0 saturated carbocycles.